The second-order valence-corrected chi connectivity index (χ2v) is 13.5. The van der Waals surface area contributed by atoms with Crippen LogP contribution in [0.2, 0.25) is 0 Å². The third-order valence-corrected chi connectivity index (χ3v) is 8.58. The van der Waals surface area contributed by atoms with Crippen molar-refractivity contribution in [3.05, 3.63) is 82.0 Å². The summed E-state index contributed by atoms with van der Waals surface area (Å²) in [7, 11) is 0. The molecule has 49 heavy (non-hydrogen) atoms. The number of hydrogen-bond donors (Lipinski definition) is 6. The zero-order chi connectivity index (χ0) is 35.3. The first-order valence-corrected chi connectivity index (χ1v) is 16.3. The zero-order valence-corrected chi connectivity index (χ0v) is 28.0. The second kappa shape index (κ2) is 14.8. The second-order valence-electron chi connectivity index (χ2n) is 13.5. The Kier molecular flexibility index (Phi) is 10.5. The van der Waals surface area contributed by atoms with Crippen LogP contribution < -0.4 is 21.6 Å². The SMILES string of the molecule is Cc1nc(C(=O)O)ccc1-c1ccc(CC(NC(=O)C2CCC(CNC(=O)OC(C)(C)C)CC2)C(=O)Nc2ccc3[nH]c(=O)[nH]c3c2)cc1. The number of nitrogens with one attached hydrogen (secondary N) is 5. The Labute approximate surface area is 283 Å². The van der Waals surface area contributed by atoms with Gasteiger partial charge in [0.1, 0.15) is 17.3 Å². The van der Waals surface area contributed by atoms with Gasteiger partial charge in [0.2, 0.25) is 11.8 Å². The van der Waals surface area contributed by atoms with Crippen LogP contribution in [0.5, 0.6) is 0 Å². The van der Waals surface area contributed by atoms with E-state index in [1.165, 1.54) is 6.07 Å². The molecule has 2 aromatic heterocycles. The van der Waals surface area contributed by atoms with E-state index in [1.807, 2.05) is 45.0 Å². The number of benzene rings is 2. The number of ether oxygens (including phenoxy) is 1. The Morgan fingerprint density at radius 3 is 2.31 bits per heavy atom. The van der Waals surface area contributed by atoms with Crippen LogP contribution in [0.15, 0.2) is 59.4 Å². The van der Waals surface area contributed by atoms with Gasteiger partial charge in [-0.1, -0.05) is 30.3 Å². The molecule has 1 aliphatic carbocycles. The number of pyridine rings is 1. The molecule has 1 saturated carbocycles. The Bertz CT molecular complexity index is 1900. The monoisotopic (exact) mass is 670 g/mol. The van der Waals surface area contributed by atoms with Crippen LogP contribution in [0.4, 0.5) is 10.5 Å². The number of carbonyl (C=O) groups is 4. The lowest BCUT2D eigenvalue weighted by Crippen LogP contribution is -2.48. The van der Waals surface area contributed by atoms with Crippen molar-refractivity contribution in [3.63, 3.8) is 0 Å². The highest BCUT2D eigenvalue weighted by molar-refractivity contribution is 5.98. The summed E-state index contributed by atoms with van der Waals surface area (Å²) < 4.78 is 5.32. The van der Waals surface area contributed by atoms with Crippen LogP contribution in [0.25, 0.3) is 22.2 Å². The van der Waals surface area contributed by atoms with Crippen LogP contribution in [0, 0.1) is 18.8 Å². The van der Waals surface area contributed by atoms with Gasteiger partial charge in [-0.2, -0.15) is 0 Å². The van der Waals surface area contributed by atoms with Crippen molar-refractivity contribution < 1.29 is 29.0 Å². The van der Waals surface area contributed by atoms with E-state index in [0.29, 0.717) is 41.8 Å². The number of rotatable bonds is 10. The molecule has 2 aromatic carbocycles. The first kappa shape index (κ1) is 34.9. The molecule has 6 N–H and O–H groups in total. The van der Waals surface area contributed by atoms with Crippen molar-refractivity contribution in [3.8, 4) is 11.1 Å². The molecule has 3 amide bonds. The molecule has 5 rings (SSSR count). The van der Waals surface area contributed by atoms with Gasteiger partial charge in [0.25, 0.3) is 0 Å². The number of aromatic carboxylic acids is 1. The summed E-state index contributed by atoms with van der Waals surface area (Å²) in [6, 6.07) is 14.8. The fourth-order valence-electron chi connectivity index (χ4n) is 6.05. The minimum Gasteiger partial charge on any atom is -0.477 e. The highest BCUT2D eigenvalue weighted by Gasteiger charge is 2.30. The number of fused-ring (bicyclic) bond motifs is 1. The van der Waals surface area contributed by atoms with E-state index < -0.39 is 29.6 Å². The van der Waals surface area contributed by atoms with Crippen molar-refractivity contribution in [1.29, 1.82) is 0 Å². The summed E-state index contributed by atoms with van der Waals surface area (Å²) in [6.07, 6.45) is 2.51. The fourth-order valence-corrected chi connectivity index (χ4v) is 6.05. The maximum absolute atomic E-state index is 13.7. The molecule has 0 aliphatic heterocycles. The minimum absolute atomic E-state index is 0.0320. The number of nitrogens with zero attached hydrogens (tertiary/aromatic N) is 1. The third-order valence-electron chi connectivity index (χ3n) is 8.58. The molecule has 13 nitrogen and oxygen atoms in total. The van der Waals surface area contributed by atoms with E-state index in [1.54, 1.807) is 31.2 Å². The number of aromatic amines is 2. The minimum atomic E-state index is -1.10. The number of carboxylic acids is 1. The van der Waals surface area contributed by atoms with E-state index in [-0.39, 0.29) is 35.5 Å². The lowest BCUT2D eigenvalue weighted by Gasteiger charge is -2.29. The predicted molar refractivity (Wildman–Crippen MR) is 184 cm³/mol. The molecule has 0 saturated heterocycles. The Balaban J connectivity index is 1.26. The summed E-state index contributed by atoms with van der Waals surface area (Å²) in [5, 5.41) is 17.9. The normalized spacial score (nSPS) is 16.8. The van der Waals surface area contributed by atoms with Crippen LogP contribution in [-0.2, 0) is 20.7 Å². The highest BCUT2D eigenvalue weighted by atomic mass is 16.6. The molecule has 258 valence electrons. The highest BCUT2D eigenvalue weighted by Crippen LogP contribution is 2.29. The lowest BCUT2D eigenvalue weighted by atomic mass is 9.81. The number of aryl methyl sites for hydroxylation is 1. The number of H-pyrrole nitrogens is 2. The van der Waals surface area contributed by atoms with E-state index >= 15 is 0 Å². The Hall–Kier alpha value is -5.46. The number of alkyl carbamates (subject to hydrolysis) is 1. The van der Waals surface area contributed by atoms with Crippen LogP contribution in [0.3, 0.4) is 0 Å². The van der Waals surface area contributed by atoms with Crippen molar-refractivity contribution in [2.75, 3.05) is 11.9 Å². The zero-order valence-electron chi connectivity index (χ0n) is 28.0. The van der Waals surface area contributed by atoms with Crippen LogP contribution in [-0.4, -0.2) is 62.1 Å². The number of aromatic nitrogens is 3. The lowest BCUT2D eigenvalue weighted by molar-refractivity contribution is -0.130. The van der Waals surface area contributed by atoms with Gasteiger partial charge in [-0.25, -0.2) is 19.4 Å². The topological polar surface area (TPSA) is 195 Å². The van der Waals surface area contributed by atoms with Gasteiger partial charge in [0.15, 0.2) is 0 Å². The van der Waals surface area contributed by atoms with E-state index in [4.69, 9.17) is 4.74 Å². The van der Waals surface area contributed by atoms with Crippen molar-refractivity contribution in [2.45, 2.75) is 71.4 Å². The van der Waals surface area contributed by atoms with E-state index in [0.717, 1.165) is 29.5 Å². The molecule has 1 fully saturated rings. The molecular formula is C36H42N6O7. The summed E-state index contributed by atoms with van der Waals surface area (Å²) in [6.45, 7) is 7.65. The summed E-state index contributed by atoms with van der Waals surface area (Å²) in [5.41, 5.74) is 3.65. The molecule has 0 bridgehead atoms. The van der Waals surface area contributed by atoms with Gasteiger partial charge < -0.3 is 35.8 Å². The molecule has 4 aromatic rings. The first-order chi connectivity index (χ1) is 23.2. The summed E-state index contributed by atoms with van der Waals surface area (Å²) in [4.78, 5) is 71.8. The maximum atomic E-state index is 13.7. The molecule has 0 spiro atoms. The van der Waals surface area contributed by atoms with E-state index in [2.05, 4.69) is 30.9 Å². The van der Waals surface area contributed by atoms with Crippen LogP contribution >= 0.6 is 0 Å². The molecule has 1 atom stereocenters. The van der Waals surface area contributed by atoms with Crippen molar-refractivity contribution >= 4 is 40.6 Å². The van der Waals surface area contributed by atoms with Gasteiger partial charge >= 0.3 is 17.8 Å². The number of carboxylic acid groups (broad SMARTS) is 1. The maximum Gasteiger partial charge on any atom is 0.407 e. The van der Waals surface area contributed by atoms with Gasteiger partial charge in [-0.3, -0.25) is 9.59 Å². The fraction of sp³-hybridized carbons (Fsp3) is 0.389. The molecule has 0 radical (unpaired) electrons. The third kappa shape index (κ3) is 9.34. The first-order valence-electron chi connectivity index (χ1n) is 16.3. The predicted octanol–water partition coefficient (Wildman–Crippen LogP) is 4.92. The molecule has 13 heteroatoms. The van der Waals surface area contributed by atoms with Gasteiger partial charge in [-0.05, 0) is 94.7 Å². The molecule has 1 unspecified atom stereocenters. The van der Waals surface area contributed by atoms with Crippen LogP contribution in [0.1, 0.15) is 68.2 Å². The Morgan fingerprint density at radius 1 is 0.959 bits per heavy atom. The molecule has 1 aliphatic rings. The summed E-state index contributed by atoms with van der Waals surface area (Å²) >= 11 is 0. The van der Waals surface area contributed by atoms with Crippen molar-refractivity contribution in [1.82, 2.24) is 25.6 Å². The average Bonchev–Trinajstić information content (AvgIpc) is 3.42. The Morgan fingerprint density at radius 2 is 1.65 bits per heavy atom. The van der Waals surface area contributed by atoms with Gasteiger partial charge in [0.05, 0.1) is 11.0 Å². The number of anilines is 1. The summed E-state index contributed by atoms with van der Waals surface area (Å²) in [5.74, 6) is -1.76. The van der Waals surface area contributed by atoms with E-state index in [9.17, 15) is 29.1 Å². The number of amides is 3. The molecule has 2 heterocycles. The molecular weight excluding hydrogens is 628 g/mol. The number of imidazole rings is 1. The standard InChI is InChI=1S/C36H42N6O7/c1-20-26(14-16-28(38-20)33(45)46)23-9-5-21(6-10-23)17-30(32(44)39-25-13-15-27-29(18-25)42-34(47)41-27)40-31(43)24-11-7-22(8-12-24)19-37-35(48)49-36(2,3)4/h5-6,9-10,13-16,18,22,24,30H,7-8,11-12,17,19H2,1-4H3,(H,37,48)(H,39,44)(H,40,43)(H,45,46)(H2,41,42,47). The number of hydrogen-bond acceptors (Lipinski definition) is 7. The smallest absolute Gasteiger partial charge is 0.407 e. The van der Waals surface area contributed by atoms with Gasteiger partial charge in [0, 0.05) is 35.8 Å². The largest absolute Gasteiger partial charge is 0.477 e. The quantitative estimate of drug-likeness (QED) is 0.137. The number of carbonyl (C=O) groups excluding carboxylic acids is 3. The van der Waals surface area contributed by atoms with Crippen molar-refractivity contribution in [2.24, 2.45) is 11.8 Å². The van der Waals surface area contributed by atoms with Gasteiger partial charge in [-0.15, -0.1) is 0 Å². The average molecular weight is 671 g/mol.